The minimum Gasteiger partial charge on any atom is -0.490 e. The number of aromatic nitrogens is 2. The molecule has 1 saturated heterocycles. The Kier molecular flexibility index (Phi) is 9.19. The Balaban J connectivity index is 1.42. The molecule has 10 heteroatoms. The van der Waals surface area contributed by atoms with Crippen LogP contribution in [0.5, 0.6) is 11.5 Å². The monoisotopic (exact) mass is 523 g/mol. The van der Waals surface area contributed by atoms with E-state index in [4.69, 9.17) is 9.47 Å². The standard InChI is InChI=1S/C28H37N5O5/c1-4-31-13-15-32(16-14-31)12-11-29-26(34)21-9-7-20(8-10-21)19-33-27(35)22-17-24(37-5-2)25(38-6-3)18-23(22)30-28(33)36/h7-10,17-18H,4-6,11-16,19H2,1-3H3,(H,29,34)(H,30,36). The number of hydrogen-bond donors (Lipinski definition) is 2. The molecule has 1 aromatic heterocycles. The maximum absolute atomic E-state index is 13.2. The summed E-state index contributed by atoms with van der Waals surface area (Å²) in [5, 5.41) is 3.32. The molecule has 0 atom stereocenters. The number of likely N-dealkylation sites (N-methyl/N-ethyl adjacent to an activating group) is 1. The van der Waals surface area contributed by atoms with Crippen LogP contribution in [0.4, 0.5) is 0 Å². The molecule has 0 aliphatic carbocycles. The van der Waals surface area contributed by atoms with Gasteiger partial charge in [-0.2, -0.15) is 0 Å². The van der Waals surface area contributed by atoms with Gasteiger partial charge in [0.05, 0.1) is 30.7 Å². The predicted octanol–water partition coefficient (Wildman–Crippen LogP) is 1.90. The van der Waals surface area contributed by atoms with Crippen molar-refractivity contribution in [2.24, 2.45) is 0 Å². The summed E-state index contributed by atoms with van der Waals surface area (Å²) in [4.78, 5) is 46.1. The van der Waals surface area contributed by atoms with Crippen LogP contribution in [0.3, 0.4) is 0 Å². The molecule has 2 aromatic carbocycles. The molecule has 0 radical (unpaired) electrons. The van der Waals surface area contributed by atoms with E-state index in [1.54, 1.807) is 36.4 Å². The minimum atomic E-state index is -0.518. The van der Waals surface area contributed by atoms with Gasteiger partial charge in [0.25, 0.3) is 11.5 Å². The van der Waals surface area contributed by atoms with Gasteiger partial charge < -0.3 is 24.7 Å². The van der Waals surface area contributed by atoms with Crippen molar-refractivity contribution in [2.45, 2.75) is 27.3 Å². The lowest BCUT2D eigenvalue weighted by Crippen LogP contribution is -2.48. The number of carbonyl (C=O) groups excluding carboxylic acids is 1. The van der Waals surface area contributed by atoms with E-state index in [1.807, 2.05) is 13.8 Å². The third-order valence-electron chi connectivity index (χ3n) is 6.83. The van der Waals surface area contributed by atoms with Gasteiger partial charge in [-0.25, -0.2) is 4.79 Å². The van der Waals surface area contributed by atoms with Crippen LogP contribution in [0, 0.1) is 0 Å². The second kappa shape index (κ2) is 12.7. The lowest BCUT2D eigenvalue weighted by molar-refractivity contribution is 0.0938. The summed E-state index contributed by atoms with van der Waals surface area (Å²) in [5.41, 5.74) is 0.722. The van der Waals surface area contributed by atoms with Gasteiger partial charge >= 0.3 is 5.69 Å². The van der Waals surface area contributed by atoms with E-state index in [1.165, 1.54) is 0 Å². The number of aromatic amines is 1. The first-order chi connectivity index (χ1) is 18.4. The number of hydrogen-bond acceptors (Lipinski definition) is 7. The first-order valence-electron chi connectivity index (χ1n) is 13.3. The number of carbonyl (C=O) groups is 1. The maximum Gasteiger partial charge on any atom is 0.329 e. The van der Waals surface area contributed by atoms with Crippen LogP contribution in [0.25, 0.3) is 10.9 Å². The van der Waals surface area contributed by atoms with Gasteiger partial charge in [0.2, 0.25) is 0 Å². The van der Waals surface area contributed by atoms with Crippen LogP contribution < -0.4 is 26.0 Å². The second-order valence-corrected chi connectivity index (χ2v) is 9.26. The highest BCUT2D eigenvalue weighted by Crippen LogP contribution is 2.30. The van der Waals surface area contributed by atoms with Gasteiger partial charge in [-0.1, -0.05) is 19.1 Å². The molecule has 0 bridgehead atoms. The Morgan fingerprint density at radius 1 is 0.921 bits per heavy atom. The lowest BCUT2D eigenvalue weighted by atomic mass is 10.1. The van der Waals surface area contributed by atoms with Crippen LogP contribution in [0.15, 0.2) is 46.0 Å². The van der Waals surface area contributed by atoms with Gasteiger partial charge in [0.1, 0.15) is 0 Å². The van der Waals surface area contributed by atoms with E-state index in [0.29, 0.717) is 47.7 Å². The van der Waals surface area contributed by atoms with E-state index in [9.17, 15) is 14.4 Å². The summed E-state index contributed by atoms with van der Waals surface area (Å²) >= 11 is 0. The summed E-state index contributed by atoms with van der Waals surface area (Å²) in [7, 11) is 0. The van der Waals surface area contributed by atoms with Crippen molar-refractivity contribution in [3.05, 3.63) is 68.4 Å². The molecule has 2 N–H and O–H groups in total. The lowest BCUT2D eigenvalue weighted by Gasteiger charge is -2.33. The molecular weight excluding hydrogens is 486 g/mol. The molecule has 1 amide bonds. The van der Waals surface area contributed by atoms with E-state index < -0.39 is 11.2 Å². The van der Waals surface area contributed by atoms with Crippen LogP contribution in [-0.2, 0) is 6.54 Å². The summed E-state index contributed by atoms with van der Waals surface area (Å²) in [6.45, 7) is 13.5. The average molecular weight is 524 g/mol. The maximum atomic E-state index is 13.2. The summed E-state index contributed by atoms with van der Waals surface area (Å²) in [6.07, 6.45) is 0. The zero-order valence-electron chi connectivity index (χ0n) is 22.4. The fourth-order valence-electron chi connectivity index (χ4n) is 4.64. The van der Waals surface area contributed by atoms with E-state index in [-0.39, 0.29) is 12.5 Å². The molecule has 0 unspecified atom stereocenters. The molecule has 1 fully saturated rings. The van der Waals surface area contributed by atoms with E-state index in [2.05, 4.69) is 27.0 Å². The minimum absolute atomic E-state index is 0.0763. The number of H-pyrrole nitrogens is 1. The number of amides is 1. The summed E-state index contributed by atoms with van der Waals surface area (Å²) in [6, 6.07) is 10.2. The number of benzene rings is 2. The molecule has 38 heavy (non-hydrogen) atoms. The number of ether oxygens (including phenoxy) is 2. The molecule has 3 aromatic rings. The molecule has 1 aliphatic heterocycles. The van der Waals surface area contributed by atoms with Crippen molar-refractivity contribution >= 4 is 16.8 Å². The zero-order chi connectivity index (χ0) is 27.1. The SMILES string of the molecule is CCOc1cc2[nH]c(=O)n(Cc3ccc(C(=O)NCCN4CCN(CC)CC4)cc3)c(=O)c2cc1OCC. The highest BCUT2D eigenvalue weighted by Gasteiger charge is 2.16. The molecule has 4 rings (SSSR count). The Hall–Kier alpha value is -3.63. The van der Waals surface area contributed by atoms with Crippen molar-refractivity contribution in [1.82, 2.24) is 24.7 Å². The van der Waals surface area contributed by atoms with Gasteiger partial charge in [-0.05, 0) is 44.2 Å². The van der Waals surface area contributed by atoms with Gasteiger partial charge in [0, 0.05) is 50.9 Å². The largest absolute Gasteiger partial charge is 0.490 e. The predicted molar refractivity (Wildman–Crippen MR) is 148 cm³/mol. The smallest absolute Gasteiger partial charge is 0.329 e. The highest BCUT2D eigenvalue weighted by atomic mass is 16.5. The van der Waals surface area contributed by atoms with Gasteiger partial charge in [-0.15, -0.1) is 0 Å². The third kappa shape index (κ3) is 6.43. The molecular formula is C28H37N5O5. The van der Waals surface area contributed by atoms with Crippen molar-refractivity contribution in [3.8, 4) is 11.5 Å². The third-order valence-corrected chi connectivity index (χ3v) is 6.83. The number of nitrogens with one attached hydrogen (secondary N) is 2. The molecule has 2 heterocycles. The van der Waals surface area contributed by atoms with Crippen molar-refractivity contribution in [1.29, 1.82) is 0 Å². The first-order valence-corrected chi connectivity index (χ1v) is 13.3. The molecule has 1 aliphatic rings. The van der Waals surface area contributed by atoms with E-state index in [0.717, 1.165) is 49.4 Å². The Morgan fingerprint density at radius 3 is 2.18 bits per heavy atom. The molecule has 10 nitrogen and oxygen atoms in total. The fourth-order valence-corrected chi connectivity index (χ4v) is 4.64. The Morgan fingerprint density at radius 2 is 1.55 bits per heavy atom. The molecule has 0 saturated carbocycles. The van der Waals surface area contributed by atoms with Crippen LogP contribution in [-0.4, -0.2) is 84.3 Å². The van der Waals surface area contributed by atoms with Crippen molar-refractivity contribution in [2.75, 3.05) is 59.0 Å². The van der Waals surface area contributed by atoms with Crippen molar-refractivity contribution in [3.63, 3.8) is 0 Å². The highest BCUT2D eigenvalue weighted by molar-refractivity contribution is 5.94. The fraction of sp³-hybridized carbons (Fsp3) is 0.464. The average Bonchev–Trinajstić information content (AvgIpc) is 2.93. The number of nitrogens with zero attached hydrogens (tertiary/aromatic N) is 3. The van der Waals surface area contributed by atoms with E-state index >= 15 is 0 Å². The topological polar surface area (TPSA) is 109 Å². The zero-order valence-corrected chi connectivity index (χ0v) is 22.4. The molecule has 204 valence electrons. The second-order valence-electron chi connectivity index (χ2n) is 9.26. The number of piperazine rings is 1. The van der Waals surface area contributed by atoms with Crippen LogP contribution in [0.2, 0.25) is 0 Å². The normalized spacial score (nSPS) is 14.5. The van der Waals surface area contributed by atoms with Crippen LogP contribution >= 0.6 is 0 Å². The van der Waals surface area contributed by atoms with Gasteiger partial charge in [-0.3, -0.25) is 19.1 Å². The molecule has 0 spiro atoms. The first kappa shape index (κ1) is 27.4. The quantitative estimate of drug-likeness (QED) is 0.395. The Bertz CT molecular complexity index is 1360. The number of fused-ring (bicyclic) bond motifs is 1. The van der Waals surface area contributed by atoms with Gasteiger partial charge in [0.15, 0.2) is 11.5 Å². The Labute approximate surface area is 222 Å². The summed E-state index contributed by atoms with van der Waals surface area (Å²) in [5.74, 6) is 0.789. The summed E-state index contributed by atoms with van der Waals surface area (Å²) < 4.78 is 12.4. The van der Waals surface area contributed by atoms with Crippen molar-refractivity contribution < 1.29 is 14.3 Å². The number of rotatable bonds is 11. The van der Waals surface area contributed by atoms with Crippen LogP contribution in [0.1, 0.15) is 36.7 Å².